The Morgan fingerprint density at radius 1 is 1.29 bits per heavy atom. The fourth-order valence-electron chi connectivity index (χ4n) is 1.54. The van der Waals surface area contributed by atoms with Crippen molar-refractivity contribution in [2.45, 2.75) is 42.3 Å². The molecule has 1 aliphatic rings. The van der Waals surface area contributed by atoms with Crippen molar-refractivity contribution in [2.75, 3.05) is 6.61 Å². The summed E-state index contributed by atoms with van der Waals surface area (Å²) in [5.74, 6) is -0.776. The number of carbonyl (C=O) groups excluding carboxylic acids is 2. The van der Waals surface area contributed by atoms with Gasteiger partial charge < -0.3 is 14.2 Å². The molecule has 0 spiro atoms. The van der Waals surface area contributed by atoms with E-state index in [0.717, 1.165) is 0 Å². The summed E-state index contributed by atoms with van der Waals surface area (Å²) in [7, 11) is 0. The minimum Gasteiger partial charge on any atom is -0.463 e. The highest BCUT2D eigenvalue weighted by Gasteiger charge is 2.39. The smallest absolute Gasteiger partial charge is 0.303 e. The fraction of sp³-hybridized carbons (Fsp3) is 0.800. The molecule has 1 aliphatic heterocycles. The molecular weight excluding hydrogens is 360 g/mol. The Labute approximate surface area is 116 Å². The third-order valence-electron chi connectivity index (χ3n) is 2.21. The predicted molar refractivity (Wildman–Crippen MR) is 67.1 cm³/mol. The van der Waals surface area contributed by atoms with Crippen LogP contribution in [0.3, 0.4) is 0 Å². The standard InChI is InChI=1S/C10H14Br2O5/c1-5(13)15-4-8-10(16-6(2)14)7(11)3-9(12)17-8/h7-10H,3-4H2,1-2H3/t7-,8-,9+,10+/m1/s1. The quantitative estimate of drug-likeness (QED) is 0.557. The number of hydrogen-bond donors (Lipinski definition) is 0. The minimum absolute atomic E-state index is 0.0370. The Bertz CT molecular complexity index is 296. The van der Waals surface area contributed by atoms with Gasteiger partial charge in [-0.25, -0.2) is 0 Å². The van der Waals surface area contributed by atoms with Gasteiger partial charge in [0, 0.05) is 13.8 Å². The highest BCUT2D eigenvalue weighted by molar-refractivity contribution is 9.10. The first-order chi connectivity index (χ1) is 7.90. The van der Waals surface area contributed by atoms with Crippen molar-refractivity contribution < 1.29 is 23.8 Å². The highest BCUT2D eigenvalue weighted by Crippen LogP contribution is 2.31. The molecule has 0 aromatic heterocycles. The zero-order chi connectivity index (χ0) is 13.0. The zero-order valence-corrected chi connectivity index (χ0v) is 12.7. The van der Waals surface area contributed by atoms with Gasteiger partial charge in [-0.15, -0.1) is 0 Å². The zero-order valence-electron chi connectivity index (χ0n) is 9.52. The van der Waals surface area contributed by atoms with Crippen molar-refractivity contribution in [1.29, 1.82) is 0 Å². The van der Waals surface area contributed by atoms with Crippen LogP contribution in [-0.4, -0.2) is 40.6 Å². The molecule has 0 N–H and O–H groups in total. The van der Waals surface area contributed by atoms with Crippen molar-refractivity contribution in [3.63, 3.8) is 0 Å². The molecule has 7 heteroatoms. The molecule has 4 atom stereocenters. The van der Waals surface area contributed by atoms with Crippen molar-refractivity contribution in [3.05, 3.63) is 0 Å². The van der Waals surface area contributed by atoms with E-state index in [1.807, 2.05) is 0 Å². The van der Waals surface area contributed by atoms with Crippen molar-refractivity contribution in [1.82, 2.24) is 0 Å². The number of hydrogen-bond acceptors (Lipinski definition) is 5. The maximum atomic E-state index is 11.0. The third-order valence-corrected chi connectivity index (χ3v) is 3.69. The lowest BCUT2D eigenvalue weighted by Crippen LogP contribution is -2.48. The Balaban J connectivity index is 2.64. The number of carbonyl (C=O) groups is 2. The van der Waals surface area contributed by atoms with Gasteiger partial charge in [-0.3, -0.25) is 9.59 Å². The molecule has 0 aromatic carbocycles. The average molecular weight is 374 g/mol. The number of esters is 2. The summed E-state index contributed by atoms with van der Waals surface area (Å²) >= 11 is 6.78. The summed E-state index contributed by atoms with van der Waals surface area (Å²) in [5.41, 5.74) is 0. The number of halogens is 2. The Morgan fingerprint density at radius 2 is 1.94 bits per heavy atom. The van der Waals surface area contributed by atoms with E-state index in [4.69, 9.17) is 14.2 Å². The summed E-state index contributed by atoms with van der Waals surface area (Å²) in [5, 5.41) is -0.153. The number of rotatable bonds is 3. The van der Waals surface area contributed by atoms with E-state index in [0.29, 0.717) is 6.42 Å². The second kappa shape index (κ2) is 6.70. The van der Waals surface area contributed by atoms with E-state index < -0.39 is 18.2 Å². The van der Waals surface area contributed by atoms with Crippen molar-refractivity contribution in [2.24, 2.45) is 0 Å². The van der Waals surface area contributed by atoms with Gasteiger partial charge in [0.15, 0.2) is 0 Å². The topological polar surface area (TPSA) is 61.8 Å². The molecule has 0 saturated carbocycles. The third kappa shape index (κ3) is 4.93. The van der Waals surface area contributed by atoms with Crippen LogP contribution in [0, 0.1) is 0 Å². The van der Waals surface area contributed by atoms with Crippen LogP contribution in [0.2, 0.25) is 0 Å². The largest absolute Gasteiger partial charge is 0.463 e. The summed E-state index contributed by atoms with van der Waals surface area (Å²) < 4.78 is 15.6. The summed E-state index contributed by atoms with van der Waals surface area (Å²) in [6, 6.07) is 0. The maximum Gasteiger partial charge on any atom is 0.303 e. The van der Waals surface area contributed by atoms with Gasteiger partial charge in [0.2, 0.25) is 0 Å². The molecule has 98 valence electrons. The Hall–Kier alpha value is -0.140. The number of alkyl halides is 2. The molecule has 5 nitrogen and oxygen atoms in total. The lowest BCUT2D eigenvalue weighted by atomic mass is 10.1. The van der Waals surface area contributed by atoms with Gasteiger partial charge >= 0.3 is 11.9 Å². The van der Waals surface area contributed by atoms with Gasteiger partial charge in [0.1, 0.15) is 23.8 Å². The molecule has 0 aromatic rings. The van der Waals surface area contributed by atoms with Crippen LogP contribution in [0.1, 0.15) is 20.3 Å². The molecule has 1 fully saturated rings. The fourth-order valence-corrected chi connectivity index (χ4v) is 3.51. The van der Waals surface area contributed by atoms with Crippen LogP contribution < -0.4 is 0 Å². The summed E-state index contributed by atoms with van der Waals surface area (Å²) in [6.07, 6.45) is -0.264. The molecule has 1 heterocycles. The molecule has 0 radical (unpaired) electrons. The molecular formula is C10H14Br2O5. The molecule has 0 bridgehead atoms. The Kier molecular flexibility index (Phi) is 5.88. The first kappa shape index (κ1) is 14.9. The molecule has 0 amide bonds. The van der Waals surface area contributed by atoms with E-state index in [1.54, 1.807) is 0 Å². The monoisotopic (exact) mass is 372 g/mol. The lowest BCUT2D eigenvalue weighted by molar-refractivity contribution is -0.170. The first-order valence-electron chi connectivity index (χ1n) is 5.14. The maximum absolute atomic E-state index is 11.0. The predicted octanol–water partition coefficient (Wildman–Crippen LogP) is 1.75. The molecule has 17 heavy (non-hydrogen) atoms. The minimum atomic E-state index is -0.467. The molecule has 0 unspecified atom stereocenters. The van der Waals surface area contributed by atoms with Gasteiger partial charge in [0.25, 0.3) is 0 Å². The second-order valence-electron chi connectivity index (χ2n) is 3.71. The van der Waals surface area contributed by atoms with Crippen molar-refractivity contribution in [3.8, 4) is 0 Å². The number of ether oxygens (including phenoxy) is 3. The molecule has 1 rings (SSSR count). The SMILES string of the molecule is CC(=O)OC[C@H]1O[C@H](Br)C[C@@H](Br)[C@@H]1OC(C)=O. The highest BCUT2D eigenvalue weighted by atomic mass is 79.9. The van der Waals surface area contributed by atoms with E-state index in [9.17, 15) is 9.59 Å². The summed E-state index contributed by atoms with van der Waals surface area (Å²) in [4.78, 5) is 21.7. The van der Waals surface area contributed by atoms with Crippen LogP contribution in [0.15, 0.2) is 0 Å². The van der Waals surface area contributed by atoms with E-state index in [1.165, 1.54) is 13.8 Å². The van der Waals surface area contributed by atoms with Crippen LogP contribution >= 0.6 is 31.9 Å². The summed E-state index contributed by atoms with van der Waals surface area (Å²) in [6.45, 7) is 2.72. The average Bonchev–Trinajstić information content (AvgIpc) is 2.18. The van der Waals surface area contributed by atoms with Gasteiger partial charge in [-0.2, -0.15) is 0 Å². The van der Waals surface area contributed by atoms with Gasteiger partial charge in [-0.1, -0.05) is 31.9 Å². The van der Waals surface area contributed by atoms with Crippen LogP contribution in [0.4, 0.5) is 0 Å². The van der Waals surface area contributed by atoms with Crippen molar-refractivity contribution >= 4 is 43.8 Å². The van der Waals surface area contributed by atoms with Crippen LogP contribution in [0.25, 0.3) is 0 Å². The van der Waals surface area contributed by atoms with Crippen LogP contribution in [-0.2, 0) is 23.8 Å². The molecule has 0 aliphatic carbocycles. The van der Waals surface area contributed by atoms with E-state index in [-0.39, 0.29) is 22.4 Å². The second-order valence-corrected chi connectivity index (χ2v) is 5.91. The Morgan fingerprint density at radius 3 is 2.47 bits per heavy atom. The lowest BCUT2D eigenvalue weighted by Gasteiger charge is -2.36. The molecule has 1 saturated heterocycles. The first-order valence-corrected chi connectivity index (χ1v) is 6.97. The van der Waals surface area contributed by atoms with E-state index >= 15 is 0 Å². The van der Waals surface area contributed by atoms with Crippen LogP contribution in [0.5, 0.6) is 0 Å². The normalized spacial score (nSPS) is 32.9. The van der Waals surface area contributed by atoms with Gasteiger partial charge in [-0.05, 0) is 6.42 Å². The van der Waals surface area contributed by atoms with E-state index in [2.05, 4.69) is 31.9 Å². The van der Waals surface area contributed by atoms with Gasteiger partial charge in [0.05, 0.1) is 4.83 Å².